The number of alkyl halides is 2. The van der Waals surface area contributed by atoms with E-state index in [2.05, 4.69) is 9.97 Å². The molecular formula is C29H32F2N4O3. The number of aromatic nitrogens is 2. The summed E-state index contributed by atoms with van der Waals surface area (Å²) in [5.41, 5.74) is 1.58. The van der Waals surface area contributed by atoms with Crippen molar-refractivity contribution in [2.75, 3.05) is 24.5 Å². The highest BCUT2D eigenvalue weighted by Crippen LogP contribution is 2.42. The summed E-state index contributed by atoms with van der Waals surface area (Å²) in [4.78, 5) is 24.9. The minimum atomic E-state index is -2.67. The van der Waals surface area contributed by atoms with E-state index in [0.29, 0.717) is 25.3 Å². The Labute approximate surface area is 221 Å². The lowest BCUT2D eigenvalue weighted by Gasteiger charge is -2.45. The van der Waals surface area contributed by atoms with Gasteiger partial charge in [-0.15, -0.1) is 0 Å². The number of nitrogens with zero attached hydrogens (tertiary/aromatic N) is 4. The molecule has 2 aliphatic heterocycles. The largest absolute Gasteiger partial charge is 0.438 e. The fourth-order valence-corrected chi connectivity index (χ4v) is 5.31. The van der Waals surface area contributed by atoms with Crippen LogP contribution in [-0.4, -0.2) is 57.2 Å². The van der Waals surface area contributed by atoms with Crippen molar-refractivity contribution >= 4 is 12.0 Å². The van der Waals surface area contributed by atoms with Crippen molar-refractivity contribution in [1.29, 1.82) is 0 Å². The number of rotatable bonds is 7. The Kier molecular flexibility index (Phi) is 6.59. The molecule has 2 fully saturated rings. The van der Waals surface area contributed by atoms with Crippen molar-refractivity contribution in [1.82, 2.24) is 14.9 Å². The van der Waals surface area contributed by atoms with Gasteiger partial charge < -0.3 is 19.6 Å². The van der Waals surface area contributed by atoms with E-state index < -0.39 is 23.2 Å². The van der Waals surface area contributed by atoms with Crippen molar-refractivity contribution in [2.24, 2.45) is 0 Å². The molecule has 3 heterocycles. The van der Waals surface area contributed by atoms with Gasteiger partial charge in [0.25, 0.3) is 5.92 Å². The molecule has 1 unspecified atom stereocenters. The van der Waals surface area contributed by atoms with Crippen LogP contribution in [0.2, 0.25) is 0 Å². The minimum Gasteiger partial charge on any atom is -0.438 e. The van der Waals surface area contributed by atoms with Crippen LogP contribution in [0, 0.1) is 0 Å². The maximum atomic E-state index is 13.3. The van der Waals surface area contributed by atoms with Crippen LogP contribution in [0.15, 0.2) is 67.0 Å². The van der Waals surface area contributed by atoms with Gasteiger partial charge in [0.05, 0.1) is 24.7 Å². The maximum absolute atomic E-state index is 13.3. The van der Waals surface area contributed by atoms with Gasteiger partial charge in [-0.25, -0.2) is 23.5 Å². The lowest BCUT2D eigenvalue weighted by molar-refractivity contribution is -0.101. The zero-order valence-electron chi connectivity index (χ0n) is 21.8. The number of amides is 1. The van der Waals surface area contributed by atoms with Gasteiger partial charge in [0, 0.05) is 37.3 Å². The molecule has 2 aromatic carbocycles. The first-order valence-corrected chi connectivity index (χ1v) is 12.8. The highest BCUT2D eigenvalue weighted by molar-refractivity contribution is 5.70. The lowest BCUT2D eigenvalue weighted by atomic mass is 9.80. The van der Waals surface area contributed by atoms with Crippen LogP contribution in [-0.2, 0) is 10.3 Å². The number of anilines is 1. The Bertz CT molecular complexity index is 1270. The minimum absolute atomic E-state index is 0.223. The monoisotopic (exact) mass is 522 g/mol. The SMILES string of the molecule is C[C@@H](c1ccc(-c2cnc(N3CC(F)(F)C3)nc2)cc1)N1CCC(CC(C)(C)O)(c2ccccc2)OC1=O. The van der Waals surface area contributed by atoms with Crippen LogP contribution in [0.5, 0.6) is 0 Å². The molecule has 7 nitrogen and oxygen atoms in total. The molecule has 38 heavy (non-hydrogen) atoms. The third-order valence-corrected chi connectivity index (χ3v) is 7.25. The predicted octanol–water partition coefficient (Wildman–Crippen LogP) is 5.56. The summed E-state index contributed by atoms with van der Waals surface area (Å²) in [5, 5.41) is 10.6. The smallest absolute Gasteiger partial charge is 0.411 e. The van der Waals surface area contributed by atoms with E-state index in [1.165, 1.54) is 4.90 Å². The Morgan fingerprint density at radius 1 is 1.03 bits per heavy atom. The number of aliphatic hydroxyl groups is 1. The third kappa shape index (κ3) is 5.34. The second-order valence-electron chi connectivity index (χ2n) is 10.9. The average molecular weight is 523 g/mol. The number of ether oxygens (including phenoxy) is 1. The maximum Gasteiger partial charge on any atom is 0.411 e. The lowest BCUT2D eigenvalue weighted by Crippen LogP contribution is -2.57. The Balaban J connectivity index is 1.28. The van der Waals surface area contributed by atoms with Gasteiger partial charge in [0.2, 0.25) is 5.95 Å². The number of carbonyl (C=O) groups excluding carboxylic acids is 1. The summed E-state index contributed by atoms with van der Waals surface area (Å²) in [6, 6.07) is 17.1. The molecule has 0 saturated carbocycles. The summed E-state index contributed by atoms with van der Waals surface area (Å²) in [5.74, 6) is -2.38. The van der Waals surface area contributed by atoms with Gasteiger partial charge >= 0.3 is 6.09 Å². The second kappa shape index (κ2) is 9.62. The molecule has 9 heteroatoms. The molecule has 5 rings (SSSR count). The fraction of sp³-hybridized carbons (Fsp3) is 0.414. The molecular weight excluding hydrogens is 490 g/mol. The summed E-state index contributed by atoms with van der Waals surface area (Å²) in [7, 11) is 0. The topological polar surface area (TPSA) is 78.8 Å². The van der Waals surface area contributed by atoms with Gasteiger partial charge in [-0.05, 0) is 37.5 Å². The van der Waals surface area contributed by atoms with E-state index in [0.717, 1.165) is 22.3 Å². The number of carbonyl (C=O) groups is 1. The first-order chi connectivity index (χ1) is 17.9. The Hall–Kier alpha value is -3.59. The van der Waals surface area contributed by atoms with Gasteiger partial charge in [0.1, 0.15) is 5.60 Å². The summed E-state index contributed by atoms with van der Waals surface area (Å²) >= 11 is 0. The summed E-state index contributed by atoms with van der Waals surface area (Å²) in [6.45, 7) is 5.18. The number of cyclic esters (lactones) is 1. The predicted molar refractivity (Wildman–Crippen MR) is 140 cm³/mol. The summed E-state index contributed by atoms with van der Waals surface area (Å²) in [6.07, 6.45) is 3.70. The van der Waals surface area contributed by atoms with Crippen molar-refractivity contribution in [3.8, 4) is 11.1 Å². The zero-order valence-corrected chi connectivity index (χ0v) is 21.8. The third-order valence-electron chi connectivity index (χ3n) is 7.25. The van der Waals surface area contributed by atoms with E-state index in [1.54, 1.807) is 31.1 Å². The highest BCUT2D eigenvalue weighted by atomic mass is 19.3. The first kappa shape index (κ1) is 26.0. The average Bonchev–Trinajstić information content (AvgIpc) is 2.87. The van der Waals surface area contributed by atoms with E-state index in [-0.39, 0.29) is 19.1 Å². The molecule has 0 aliphatic carbocycles. The van der Waals surface area contributed by atoms with Gasteiger partial charge in [0.15, 0.2) is 0 Å². The van der Waals surface area contributed by atoms with Crippen molar-refractivity contribution in [3.63, 3.8) is 0 Å². The molecule has 0 bridgehead atoms. The molecule has 1 amide bonds. The van der Waals surface area contributed by atoms with Gasteiger partial charge in [-0.2, -0.15) is 0 Å². The molecule has 0 radical (unpaired) electrons. The quantitative estimate of drug-likeness (QED) is 0.438. The first-order valence-electron chi connectivity index (χ1n) is 12.8. The van der Waals surface area contributed by atoms with Crippen LogP contribution in [0.3, 0.4) is 0 Å². The Morgan fingerprint density at radius 2 is 1.66 bits per heavy atom. The zero-order chi connectivity index (χ0) is 27.1. The normalized spacial score (nSPS) is 22.0. The van der Waals surface area contributed by atoms with Crippen molar-refractivity contribution in [3.05, 3.63) is 78.1 Å². The highest BCUT2D eigenvalue weighted by Gasteiger charge is 2.46. The molecule has 1 aromatic heterocycles. The number of halogens is 2. The van der Waals surface area contributed by atoms with Crippen molar-refractivity contribution in [2.45, 2.75) is 56.8 Å². The van der Waals surface area contributed by atoms with E-state index in [1.807, 2.05) is 61.5 Å². The molecule has 200 valence electrons. The molecule has 0 spiro atoms. The second-order valence-corrected chi connectivity index (χ2v) is 10.9. The van der Waals surface area contributed by atoms with E-state index in [4.69, 9.17) is 4.74 Å². The molecule has 3 aromatic rings. The molecule has 2 atom stereocenters. The standard InChI is InChI=1S/C29H32F2N4O3/c1-20(35-14-13-28(38-26(35)36,17-27(2,3)37)24-7-5-4-6-8-24)21-9-11-22(12-10-21)23-15-32-25(33-16-23)34-18-29(30,31)19-34/h4-12,15-16,20,37H,13-14,17-19H2,1-3H3/t20-,28?/m0/s1. The number of hydrogen-bond acceptors (Lipinski definition) is 6. The summed E-state index contributed by atoms with van der Waals surface area (Å²) < 4.78 is 32.3. The van der Waals surface area contributed by atoms with E-state index >= 15 is 0 Å². The number of hydrogen-bond donors (Lipinski definition) is 1. The van der Waals surface area contributed by atoms with Crippen LogP contribution < -0.4 is 4.90 Å². The van der Waals surface area contributed by atoms with Gasteiger partial charge in [-0.3, -0.25) is 0 Å². The molecule has 2 aliphatic rings. The fourth-order valence-electron chi connectivity index (χ4n) is 5.31. The van der Waals surface area contributed by atoms with Crippen LogP contribution in [0.25, 0.3) is 11.1 Å². The van der Waals surface area contributed by atoms with Crippen molar-refractivity contribution < 1.29 is 23.4 Å². The number of benzene rings is 2. The molecule has 1 N–H and O–H groups in total. The van der Waals surface area contributed by atoms with E-state index in [9.17, 15) is 18.7 Å². The Morgan fingerprint density at radius 3 is 2.21 bits per heavy atom. The van der Waals surface area contributed by atoms with Crippen LogP contribution >= 0.6 is 0 Å². The van der Waals surface area contributed by atoms with Gasteiger partial charge in [-0.1, -0.05) is 54.6 Å². The van der Waals surface area contributed by atoms with Crippen LogP contribution in [0.4, 0.5) is 19.5 Å². The molecule has 2 saturated heterocycles. The van der Waals surface area contributed by atoms with Crippen LogP contribution in [0.1, 0.15) is 50.8 Å².